The van der Waals surface area contributed by atoms with Crippen molar-refractivity contribution >= 4 is 12.0 Å². The Hall–Kier alpha value is -1.26. The molecule has 0 saturated heterocycles. The maximum absolute atomic E-state index is 11.8. The lowest BCUT2D eigenvalue weighted by Gasteiger charge is -2.38. The Bertz CT molecular complexity index is 305. The summed E-state index contributed by atoms with van der Waals surface area (Å²) in [5.74, 6) is -0.891. The Balaban J connectivity index is 2.33. The van der Waals surface area contributed by atoms with Crippen molar-refractivity contribution in [2.75, 3.05) is 13.6 Å². The monoisotopic (exact) mass is 256 g/mol. The molecule has 0 heterocycles. The topological polar surface area (TPSA) is 69.6 Å². The van der Waals surface area contributed by atoms with E-state index >= 15 is 0 Å². The Morgan fingerprint density at radius 1 is 1.33 bits per heavy atom. The standard InChI is InChI=1S/C13H24N2O3/c1-13(2)7-4-10(5-8-13)15(3)12(18)14-9-6-11(16)17/h10H,4-9H2,1-3H3,(H,14,18)(H,16,17). The maximum Gasteiger partial charge on any atom is 0.317 e. The van der Waals surface area contributed by atoms with Gasteiger partial charge in [-0.15, -0.1) is 0 Å². The van der Waals surface area contributed by atoms with Gasteiger partial charge in [0.15, 0.2) is 0 Å². The number of amides is 2. The van der Waals surface area contributed by atoms with Gasteiger partial charge in [0.05, 0.1) is 6.42 Å². The molecule has 0 aliphatic heterocycles. The predicted octanol–water partition coefficient (Wildman–Crippen LogP) is 2.07. The van der Waals surface area contributed by atoms with E-state index in [0.29, 0.717) is 5.41 Å². The van der Waals surface area contributed by atoms with Crippen LogP contribution in [-0.2, 0) is 4.79 Å². The highest BCUT2D eigenvalue weighted by Crippen LogP contribution is 2.36. The lowest BCUT2D eigenvalue weighted by Crippen LogP contribution is -2.46. The van der Waals surface area contributed by atoms with E-state index in [4.69, 9.17) is 5.11 Å². The van der Waals surface area contributed by atoms with Gasteiger partial charge in [-0.25, -0.2) is 4.79 Å². The van der Waals surface area contributed by atoms with Gasteiger partial charge in [0.25, 0.3) is 0 Å². The second-order valence-corrected chi connectivity index (χ2v) is 5.88. The van der Waals surface area contributed by atoms with Crippen molar-refractivity contribution in [2.45, 2.75) is 52.0 Å². The summed E-state index contributed by atoms with van der Waals surface area (Å²) >= 11 is 0. The molecule has 0 radical (unpaired) electrons. The average Bonchev–Trinajstić information content (AvgIpc) is 2.27. The molecule has 0 aromatic carbocycles. The highest BCUT2D eigenvalue weighted by molar-refractivity contribution is 5.75. The zero-order chi connectivity index (χ0) is 13.8. The Labute approximate surface area is 109 Å². The van der Waals surface area contributed by atoms with Gasteiger partial charge in [0, 0.05) is 19.6 Å². The zero-order valence-electron chi connectivity index (χ0n) is 11.5. The third-order valence-electron chi connectivity index (χ3n) is 3.79. The summed E-state index contributed by atoms with van der Waals surface area (Å²) < 4.78 is 0. The summed E-state index contributed by atoms with van der Waals surface area (Å²) in [4.78, 5) is 23.9. The molecular weight excluding hydrogens is 232 g/mol. The van der Waals surface area contributed by atoms with Crippen molar-refractivity contribution in [3.05, 3.63) is 0 Å². The summed E-state index contributed by atoms with van der Waals surface area (Å²) in [6, 6.07) is 0.115. The first-order chi connectivity index (χ1) is 8.32. The molecule has 104 valence electrons. The third-order valence-corrected chi connectivity index (χ3v) is 3.79. The average molecular weight is 256 g/mol. The van der Waals surface area contributed by atoms with Gasteiger partial charge in [-0.3, -0.25) is 4.79 Å². The quantitative estimate of drug-likeness (QED) is 0.809. The minimum atomic E-state index is -0.891. The fourth-order valence-electron chi connectivity index (χ4n) is 2.34. The molecule has 5 nitrogen and oxygen atoms in total. The fourth-order valence-corrected chi connectivity index (χ4v) is 2.34. The SMILES string of the molecule is CN(C(=O)NCCC(=O)O)C1CCC(C)(C)CC1. The molecule has 1 aliphatic carbocycles. The second-order valence-electron chi connectivity index (χ2n) is 5.88. The molecule has 1 rings (SSSR count). The largest absolute Gasteiger partial charge is 0.481 e. The van der Waals surface area contributed by atoms with Crippen molar-refractivity contribution in [1.82, 2.24) is 10.2 Å². The summed E-state index contributed by atoms with van der Waals surface area (Å²) in [7, 11) is 1.79. The third kappa shape index (κ3) is 4.55. The van der Waals surface area contributed by atoms with E-state index in [9.17, 15) is 9.59 Å². The van der Waals surface area contributed by atoms with E-state index in [0.717, 1.165) is 25.7 Å². The number of carbonyl (C=O) groups is 2. The van der Waals surface area contributed by atoms with Crippen LogP contribution in [0.5, 0.6) is 0 Å². The number of carbonyl (C=O) groups excluding carboxylic acids is 1. The maximum atomic E-state index is 11.8. The van der Waals surface area contributed by atoms with Crippen LogP contribution in [0.1, 0.15) is 46.0 Å². The van der Waals surface area contributed by atoms with Crippen LogP contribution in [0.25, 0.3) is 0 Å². The molecule has 2 N–H and O–H groups in total. The number of hydrogen-bond acceptors (Lipinski definition) is 2. The first-order valence-corrected chi connectivity index (χ1v) is 6.54. The Morgan fingerprint density at radius 3 is 2.39 bits per heavy atom. The Morgan fingerprint density at radius 2 is 1.89 bits per heavy atom. The number of hydrogen-bond donors (Lipinski definition) is 2. The van der Waals surface area contributed by atoms with Crippen molar-refractivity contribution < 1.29 is 14.7 Å². The van der Waals surface area contributed by atoms with E-state index in [2.05, 4.69) is 19.2 Å². The highest BCUT2D eigenvalue weighted by Gasteiger charge is 2.30. The van der Waals surface area contributed by atoms with Crippen LogP contribution in [-0.4, -0.2) is 41.6 Å². The van der Waals surface area contributed by atoms with Crippen LogP contribution < -0.4 is 5.32 Å². The molecule has 0 aromatic heterocycles. The molecule has 0 unspecified atom stereocenters. The van der Waals surface area contributed by atoms with Crippen LogP contribution in [0.3, 0.4) is 0 Å². The summed E-state index contributed by atoms with van der Waals surface area (Å²) in [5, 5.41) is 11.1. The highest BCUT2D eigenvalue weighted by atomic mass is 16.4. The number of aliphatic carboxylic acids is 1. The normalized spacial score (nSPS) is 19.3. The van der Waals surface area contributed by atoms with Crippen LogP contribution in [0.4, 0.5) is 4.79 Å². The van der Waals surface area contributed by atoms with Gasteiger partial charge in [-0.05, 0) is 31.1 Å². The zero-order valence-corrected chi connectivity index (χ0v) is 11.5. The molecule has 2 amide bonds. The van der Waals surface area contributed by atoms with Crippen LogP contribution in [0, 0.1) is 5.41 Å². The van der Waals surface area contributed by atoms with E-state index in [1.807, 2.05) is 0 Å². The lowest BCUT2D eigenvalue weighted by atomic mass is 9.75. The summed E-state index contributed by atoms with van der Waals surface area (Å²) in [6.45, 7) is 4.71. The predicted molar refractivity (Wildman–Crippen MR) is 69.5 cm³/mol. The second kappa shape index (κ2) is 6.07. The van der Waals surface area contributed by atoms with Gasteiger partial charge in [0.2, 0.25) is 0 Å². The van der Waals surface area contributed by atoms with E-state index < -0.39 is 5.97 Å². The molecule has 1 saturated carbocycles. The number of nitrogens with one attached hydrogen (secondary N) is 1. The van der Waals surface area contributed by atoms with Gasteiger partial charge in [0.1, 0.15) is 0 Å². The van der Waals surface area contributed by atoms with Crippen molar-refractivity contribution in [3.63, 3.8) is 0 Å². The number of urea groups is 1. The summed E-state index contributed by atoms with van der Waals surface area (Å²) in [5.41, 5.74) is 0.386. The summed E-state index contributed by atoms with van der Waals surface area (Å²) in [6.07, 6.45) is 4.28. The van der Waals surface area contributed by atoms with Crippen molar-refractivity contribution in [2.24, 2.45) is 5.41 Å². The smallest absolute Gasteiger partial charge is 0.317 e. The Kier molecular flexibility index (Phi) is 4.99. The first-order valence-electron chi connectivity index (χ1n) is 6.54. The number of rotatable bonds is 4. The molecule has 0 bridgehead atoms. The van der Waals surface area contributed by atoms with Crippen molar-refractivity contribution in [1.29, 1.82) is 0 Å². The van der Waals surface area contributed by atoms with E-state index in [-0.39, 0.29) is 25.0 Å². The van der Waals surface area contributed by atoms with Gasteiger partial charge in [-0.1, -0.05) is 13.8 Å². The molecule has 1 fully saturated rings. The molecular formula is C13H24N2O3. The van der Waals surface area contributed by atoms with Gasteiger partial charge < -0.3 is 15.3 Å². The molecule has 0 spiro atoms. The van der Waals surface area contributed by atoms with Crippen LogP contribution in [0.2, 0.25) is 0 Å². The molecule has 0 atom stereocenters. The minimum absolute atomic E-state index is 0.0305. The van der Waals surface area contributed by atoms with E-state index in [1.165, 1.54) is 0 Å². The van der Waals surface area contributed by atoms with E-state index in [1.54, 1.807) is 11.9 Å². The van der Waals surface area contributed by atoms with Gasteiger partial charge in [-0.2, -0.15) is 0 Å². The molecule has 5 heteroatoms. The number of nitrogens with zero attached hydrogens (tertiary/aromatic N) is 1. The number of carboxylic acid groups (broad SMARTS) is 1. The van der Waals surface area contributed by atoms with Crippen LogP contribution >= 0.6 is 0 Å². The number of carboxylic acids is 1. The lowest BCUT2D eigenvalue weighted by molar-refractivity contribution is -0.136. The van der Waals surface area contributed by atoms with Crippen molar-refractivity contribution in [3.8, 4) is 0 Å². The van der Waals surface area contributed by atoms with Gasteiger partial charge >= 0.3 is 12.0 Å². The molecule has 18 heavy (non-hydrogen) atoms. The fraction of sp³-hybridized carbons (Fsp3) is 0.846. The molecule has 0 aromatic rings. The van der Waals surface area contributed by atoms with Crippen LogP contribution in [0.15, 0.2) is 0 Å². The first kappa shape index (κ1) is 14.8. The molecule has 1 aliphatic rings. The minimum Gasteiger partial charge on any atom is -0.481 e.